The largest absolute Gasteiger partial charge is 0.472 e. The topological polar surface area (TPSA) is 42.7 Å². The highest BCUT2D eigenvalue weighted by Gasteiger charge is 2.18. The molecule has 4 nitrogen and oxygen atoms in total. The predicted molar refractivity (Wildman–Crippen MR) is 45.4 cm³/mol. The van der Waals surface area contributed by atoms with Crippen LogP contribution in [0.4, 0.5) is 0 Å². The number of carbonyl (C=O) groups is 1. The Bertz CT molecular complexity index is 275. The van der Waals surface area contributed by atoms with Crippen LogP contribution in [0.3, 0.4) is 0 Å². The monoisotopic (exact) mass is 181 g/mol. The summed E-state index contributed by atoms with van der Waals surface area (Å²) in [6.45, 7) is 2.60. The van der Waals surface area contributed by atoms with Crippen molar-refractivity contribution in [2.45, 2.75) is 0 Å². The summed E-state index contributed by atoms with van der Waals surface area (Å²) in [7, 11) is 0. The molecule has 1 aliphatic heterocycles. The Kier molecular flexibility index (Phi) is 2.31. The molecule has 0 unspecified atom stereocenters. The van der Waals surface area contributed by atoms with Crippen LogP contribution in [-0.2, 0) is 4.74 Å². The summed E-state index contributed by atoms with van der Waals surface area (Å²) in [5, 5.41) is 0. The van der Waals surface area contributed by atoms with E-state index in [0.29, 0.717) is 31.9 Å². The average Bonchev–Trinajstić information content (AvgIpc) is 2.71. The second-order valence-corrected chi connectivity index (χ2v) is 2.92. The van der Waals surface area contributed by atoms with E-state index in [0.717, 1.165) is 0 Å². The maximum Gasteiger partial charge on any atom is 0.257 e. The van der Waals surface area contributed by atoms with E-state index in [1.165, 1.54) is 12.5 Å². The van der Waals surface area contributed by atoms with Gasteiger partial charge in [0, 0.05) is 13.1 Å². The molecule has 0 atom stereocenters. The molecule has 1 aliphatic rings. The highest BCUT2D eigenvalue weighted by Crippen LogP contribution is 2.07. The van der Waals surface area contributed by atoms with E-state index in [9.17, 15) is 4.79 Å². The molecular formula is C9H11NO3. The smallest absolute Gasteiger partial charge is 0.257 e. The van der Waals surface area contributed by atoms with E-state index in [1.807, 2.05) is 0 Å². The number of morpholine rings is 1. The number of carbonyl (C=O) groups excluding carboxylic acids is 1. The van der Waals surface area contributed by atoms with Crippen molar-refractivity contribution in [3.05, 3.63) is 24.2 Å². The zero-order valence-electron chi connectivity index (χ0n) is 7.23. The van der Waals surface area contributed by atoms with Crippen molar-refractivity contribution in [3.63, 3.8) is 0 Å². The fourth-order valence-electron chi connectivity index (χ4n) is 1.34. The van der Waals surface area contributed by atoms with E-state index in [4.69, 9.17) is 9.15 Å². The van der Waals surface area contributed by atoms with E-state index < -0.39 is 0 Å². The van der Waals surface area contributed by atoms with E-state index >= 15 is 0 Å². The average molecular weight is 181 g/mol. The van der Waals surface area contributed by atoms with Crippen molar-refractivity contribution in [2.24, 2.45) is 0 Å². The van der Waals surface area contributed by atoms with Gasteiger partial charge in [-0.25, -0.2) is 0 Å². The van der Waals surface area contributed by atoms with Gasteiger partial charge in [0.25, 0.3) is 5.91 Å². The second kappa shape index (κ2) is 3.62. The van der Waals surface area contributed by atoms with Crippen LogP contribution in [0.15, 0.2) is 23.0 Å². The number of hydrogen-bond acceptors (Lipinski definition) is 3. The lowest BCUT2D eigenvalue weighted by atomic mass is 10.3. The molecule has 13 heavy (non-hydrogen) atoms. The number of ether oxygens (including phenoxy) is 1. The first-order valence-electron chi connectivity index (χ1n) is 4.27. The van der Waals surface area contributed by atoms with Gasteiger partial charge < -0.3 is 14.1 Å². The van der Waals surface area contributed by atoms with Crippen LogP contribution in [0, 0.1) is 0 Å². The molecule has 0 spiro atoms. The molecule has 0 aliphatic carbocycles. The highest BCUT2D eigenvalue weighted by molar-refractivity contribution is 5.93. The highest BCUT2D eigenvalue weighted by atomic mass is 16.5. The van der Waals surface area contributed by atoms with Crippen LogP contribution in [0.5, 0.6) is 0 Å². The molecule has 0 aromatic carbocycles. The zero-order chi connectivity index (χ0) is 9.10. The summed E-state index contributed by atoms with van der Waals surface area (Å²) in [6.07, 6.45) is 2.98. The van der Waals surface area contributed by atoms with Gasteiger partial charge in [0.15, 0.2) is 0 Å². The quantitative estimate of drug-likeness (QED) is 0.642. The summed E-state index contributed by atoms with van der Waals surface area (Å²) in [5.41, 5.74) is 0.613. The standard InChI is InChI=1S/C9H11NO3/c11-9(8-1-4-13-7-8)10-2-5-12-6-3-10/h1,4,7H,2-3,5-6H2. The molecule has 4 heteroatoms. The Morgan fingerprint density at radius 2 is 2.15 bits per heavy atom. The Morgan fingerprint density at radius 3 is 2.77 bits per heavy atom. The van der Waals surface area contributed by atoms with E-state index in [-0.39, 0.29) is 5.91 Å². The first-order valence-corrected chi connectivity index (χ1v) is 4.27. The number of amides is 1. The van der Waals surface area contributed by atoms with Crippen LogP contribution in [0.1, 0.15) is 10.4 Å². The number of hydrogen-bond donors (Lipinski definition) is 0. The summed E-state index contributed by atoms with van der Waals surface area (Å²) < 4.78 is 10.00. The van der Waals surface area contributed by atoms with Gasteiger partial charge in [-0.1, -0.05) is 0 Å². The van der Waals surface area contributed by atoms with Gasteiger partial charge in [0.1, 0.15) is 6.26 Å². The lowest BCUT2D eigenvalue weighted by Gasteiger charge is -2.26. The molecule has 70 valence electrons. The molecule has 1 amide bonds. The Labute approximate surface area is 76.1 Å². The van der Waals surface area contributed by atoms with Gasteiger partial charge in [-0.05, 0) is 6.07 Å². The van der Waals surface area contributed by atoms with Crippen LogP contribution >= 0.6 is 0 Å². The fraction of sp³-hybridized carbons (Fsp3) is 0.444. The normalized spacial score (nSPS) is 17.4. The van der Waals surface area contributed by atoms with Crippen molar-refractivity contribution in [3.8, 4) is 0 Å². The van der Waals surface area contributed by atoms with Crippen molar-refractivity contribution >= 4 is 5.91 Å². The Balaban J connectivity index is 2.04. The lowest BCUT2D eigenvalue weighted by Crippen LogP contribution is -2.40. The summed E-state index contributed by atoms with van der Waals surface area (Å²) in [6, 6.07) is 1.68. The second-order valence-electron chi connectivity index (χ2n) is 2.92. The van der Waals surface area contributed by atoms with Crippen LogP contribution in [-0.4, -0.2) is 37.1 Å². The third-order valence-electron chi connectivity index (χ3n) is 2.07. The summed E-state index contributed by atoms with van der Waals surface area (Å²) in [4.78, 5) is 13.4. The molecule has 1 fully saturated rings. The number of nitrogens with zero attached hydrogens (tertiary/aromatic N) is 1. The molecule has 0 N–H and O–H groups in total. The maximum atomic E-state index is 11.7. The molecule has 0 saturated carbocycles. The Hall–Kier alpha value is -1.29. The fourth-order valence-corrected chi connectivity index (χ4v) is 1.34. The minimum absolute atomic E-state index is 0.0250. The lowest BCUT2D eigenvalue weighted by molar-refractivity contribution is 0.0302. The van der Waals surface area contributed by atoms with E-state index in [1.54, 1.807) is 11.0 Å². The number of rotatable bonds is 1. The van der Waals surface area contributed by atoms with Gasteiger partial charge in [-0.3, -0.25) is 4.79 Å². The molecule has 0 bridgehead atoms. The first-order chi connectivity index (χ1) is 6.38. The van der Waals surface area contributed by atoms with E-state index in [2.05, 4.69) is 0 Å². The van der Waals surface area contributed by atoms with Gasteiger partial charge >= 0.3 is 0 Å². The van der Waals surface area contributed by atoms with Crippen molar-refractivity contribution in [2.75, 3.05) is 26.3 Å². The molecule has 2 heterocycles. The third-order valence-corrected chi connectivity index (χ3v) is 2.07. The van der Waals surface area contributed by atoms with Crippen LogP contribution in [0.25, 0.3) is 0 Å². The van der Waals surface area contributed by atoms with Crippen molar-refractivity contribution in [1.82, 2.24) is 4.90 Å². The summed E-state index contributed by atoms with van der Waals surface area (Å²) in [5.74, 6) is 0.0250. The minimum atomic E-state index is 0.0250. The predicted octanol–water partition coefficient (Wildman–Crippen LogP) is 0.752. The zero-order valence-corrected chi connectivity index (χ0v) is 7.23. The van der Waals surface area contributed by atoms with Gasteiger partial charge in [0.05, 0.1) is 25.0 Å². The maximum absolute atomic E-state index is 11.7. The Morgan fingerprint density at radius 1 is 1.38 bits per heavy atom. The van der Waals surface area contributed by atoms with Gasteiger partial charge in [0.2, 0.25) is 0 Å². The molecule has 2 rings (SSSR count). The van der Waals surface area contributed by atoms with Crippen molar-refractivity contribution < 1.29 is 13.9 Å². The third kappa shape index (κ3) is 1.72. The van der Waals surface area contributed by atoms with Crippen LogP contribution < -0.4 is 0 Å². The van der Waals surface area contributed by atoms with Crippen LogP contribution in [0.2, 0.25) is 0 Å². The van der Waals surface area contributed by atoms with Gasteiger partial charge in [-0.2, -0.15) is 0 Å². The number of furan rings is 1. The van der Waals surface area contributed by atoms with Crippen molar-refractivity contribution in [1.29, 1.82) is 0 Å². The van der Waals surface area contributed by atoms with Gasteiger partial charge in [-0.15, -0.1) is 0 Å². The summed E-state index contributed by atoms with van der Waals surface area (Å²) >= 11 is 0. The molecule has 1 aromatic heterocycles. The minimum Gasteiger partial charge on any atom is -0.472 e. The molecule has 1 saturated heterocycles. The molecular weight excluding hydrogens is 170 g/mol. The SMILES string of the molecule is O=C(c1ccoc1)N1CCOCC1. The molecule has 1 aromatic rings. The first kappa shape index (κ1) is 8.31. The molecule has 0 radical (unpaired) electrons.